The van der Waals surface area contributed by atoms with Gasteiger partial charge in [-0.3, -0.25) is 9.59 Å². The lowest BCUT2D eigenvalue weighted by atomic mass is 10.1. The van der Waals surface area contributed by atoms with E-state index in [9.17, 15) is 9.59 Å². The summed E-state index contributed by atoms with van der Waals surface area (Å²) in [5.41, 5.74) is 3.45. The number of carbonyl (C=O) groups is 2. The molecule has 0 atom stereocenters. The fraction of sp³-hybridized carbons (Fsp3) is 0.217. The van der Waals surface area contributed by atoms with Crippen LogP contribution >= 0.6 is 0 Å². The first-order valence-electron chi connectivity index (χ1n) is 9.39. The van der Waals surface area contributed by atoms with Gasteiger partial charge in [0.2, 0.25) is 5.91 Å². The highest BCUT2D eigenvalue weighted by molar-refractivity contribution is 6.25. The molecule has 0 bridgehead atoms. The van der Waals surface area contributed by atoms with E-state index in [0.29, 0.717) is 26.0 Å². The lowest BCUT2D eigenvalue weighted by molar-refractivity contribution is -0.116. The third kappa shape index (κ3) is 3.49. The van der Waals surface area contributed by atoms with E-state index >= 15 is 0 Å². The van der Waals surface area contributed by atoms with Crippen molar-refractivity contribution >= 4 is 34.0 Å². The number of carbonyl (C=O) groups excluding carboxylic acids is 2. The number of methoxy groups -OCH3 is 1. The van der Waals surface area contributed by atoms with Crippen LogP contribution < -0.4 is 10.2 Å². The predicted octanol–water partition coefficient (Wildman–Crippen LogP) is 4.37. The molecular weight excluding hydrogens is 352 g/mol. The summed E-state index contributed by atoms with van der Waals surface area (Å²) in [7, 11) is 1.64. The van der Waals surface area contributed by atoms with Gasteiger partial charge in [0.25, 0.3) is 5.91 Å². The van der Waals surface area contributed by atoms with Crippen molar-refractivity contribution in [3.63, 3.8) is 0 Å². The van der Waals surface area contributed by atoms with Gasteiger partial charge in [-0.05, 0) is 41.6 Å². The van der Waals surface area contributed by atoms with Gasteiger partial charge < -0.3 is 15.0 Å². The first-order valence-corrected chi connectivity index (χ1v) is 9.39. The number of hydrogen-bond donors (Lipinski definition) is 1. The summed E-state index contributed by atoms with van der Waals surface area (Å²) < 4.78 is 5.12. The molecule has 2 amide bonds. The molecule has 5 heteroatoms. The summed E-state index contributed by atoms with van der Waals surface area (Å²) in [5, 5.41) is 4.99. The van der Waals surface area contributed by atoms with Gasteiger partial charge >= 0.3 is 0 Å². The SMILES string of the molecule is COCc1cccc(NC(=O)CCCN2C(=O)c3cccc4cccc2c34)c1. The summed E-state index contributed by atoms with van der Waals surface area (Å²) >= 11 is 0. The first kappa shape index (κ1) is 18.2. The Bertz CT molecular complexity index is 1040. The van der Waals surface area contributed by atoms with Gasteiger partial charge in [-0.1, -0.05) is 36.4 Å². The molecule has 0 saturated heterocycles. The summed E-state index contributed by atoms with van der Waals surface area (Å²) in [6, 6.07) is 19.4. The molecule has 28 heavy (non-hydrogen) atoms. The molecule has 1 aliphatic rings. The molecule has 4 rings (SSSR count). The zero-order chi connectivity index (χ0) is 19.5. The first-order chi connectivity index (χ1) is 13.7. The topological polar surface area (TPSA) is 58.6 Å². The number of ether oxygens (including phenoxy) is 1. The molecule has 0 spiro atoms. The van der Waals surface area contributed by atoms with Crippen molar-refractivity contribution in [3.8, 4) is 0 Å². The van der Waals surface area contributed by atoms with Crippen LogP contribution in [0.15, 0.2) is 60.7 Å². The number of benzene rings is 3. The molecule has 1 heterocycles. The number of nitrogens with zero attached hydrogens (tertiary/aromatic N) is 1. The molecule has 0 aromatic heterocycles. The van der Waals surface area contributed by atoms with Gasteiger partial charge in [0.1, 0.15) is 0 Å². The summed E-state index contributed by atoms with van der Waals surface area (Å²) in [5.74, 6) is -0.0450. The summed E-state index contributed by atoms with van der Waals surface area (Å²) in [4.78, 5) is 26.8. The van der Waals surface area contributed by atoms with Gasteiger partial charge in [0.05, 0.1) is 12.3 Å². The van der Waals surface area contributed by atoms with Crippen LogP contribution in [0.4, 0.5) is 11.4 Å². The predicted molar refractivity (Wildman–Crippen MR) is 111 cm³/mol. The molecular formula is C23H22N2O3. The van der Waals surface area contributed by atoms with Crippen molar-refractivity contribution in [1.29, 1.82) is 0 Å². The van der Waals surface area contributed by atoms with Crippen molar-refractivity contribution < 1.29 is 14.3 Å². The van der Waals surface area contributed by atoms with E-state index in [2.05, 4.69) is 5.32 Å². The largest absolute Gasteiger partial charge is 0.380 e. The van der Waals surface area contributed by atoms with Crippen molar-refractivity contribution in [2.45, 2.75) is 19.4 Å². The normalized spacial score (nSPS) is 12.6. The molecule has 0 aliphatic carbocycles. The van der Waals surface area contributed by atoms with Crippen molar-refractivity contribution in [1.82, 2.24) is 0 Å². The monoisotopic (exact) mass is 374 g/mol. The Hall–Kier alpha value is -3.18. The Morgan fingerprint density at radius 1 is 1.07 bits per heavy atom. The zero-order valence-corrected chi connectivity index (χ0v) is 15.8. The Morgan fingerprint density at radius 3 is 2.68 bits per heavy atom. The van der Waals surface area contributed by atoms with Crippen LogP contribution in [0.3, 0.4) is 0 Å². The van der Waals surface area contributed by atoms with Gasteiger partial charge in [-0.25, -0.2) is 0 Å². The van der Waals surface area contributed by atoms with Crippen LogP contribution in [0.2, 0.25) is 0 Å². The minimum absolute atomic E-state index is 0.0134. The van der Waals surface area contributed by atoms with Crippen LogP contribution in [-0.2, 0) is 16.1 Å². The van der Waals surface area contributed by atoms with E-state index in [0.717, 1.165) is 33.3 Å². The zero-order valence-electron chi connectivity index (χ0n) is 15.8. The maximum Gasteiger partial charge on any atom is 0.258 e. The Balaban J connectivity index is 1.37. The minimum Gasteiger partial charge on any atom is -0.380 e. The highest BCUT2D eigenvalue weighted by Gasteiger charge is 2.28. The van der Waals surface area contributed by atoms with Crippen LogP contribution in [0.1, 0.15) is 28.8 Å². The molecule has 1 aliphatic heterocycles. The number of anilines is 2. The van der Waals surface area contributed by atoms with Crippen LogP contribution in [0, 0.1) is 0 Å². The summed E-state index contributed by atoms with van der Waals surface area (Å²) in [6.07, 6.45) is 0.949. The molecule has 0 radical (unpaired) electrons. The Labute approximate surface area is 163 Å². The fourth-order valence-corrected chi connectivity index (χ4v) is 3.73. The van der Waals surface area contributed by atoms with Gasteiger partial charge in [-0.15, -0.1) is 0 Å². The summed E-state index contributed by atoms with van der Waals surface area (Å²) in [6.45, 7) is 1.02. The molecule has 142 valence electrons. The molecule has 0 saturated carbocycles. The second-order valence-electron chi connectivity index (χ2n) is 6.92. The van der Waals surface area contributed by atoms with E-state index in [1.807, 2.05) is 60.7 Å². The van der Waals surface area contributed by atoms with Gasteiger partial charge in [0, 0.05) is 36.7 Å². The third-order valence-electron chi connectivity index (χ3n) is 4.96. The lowest BCUT2D eigenvalue weighted by Crippen LogP contribution is -2.28. The van der Waals surface area contributed by atoms with E-state index < -0.39 is 0 Å². The minimum atomic E-state index is -0.0584. The van der Waals surface area contributed by atoms with Crippen LogP contribution in [0.5, 0.6) is 0 Å². The van der Waals surface area contributed by atoms with Gasteiger partial charge in [-0.2, -0.15) is 0 Å². The molecule has 5 nitrogen and oxygen atoms in total. The third-order valence-corrected chi connectivity index (χ3v) is 4.96. The quantitative estimate of drug-likeness (QED) is 0.668. The number of rotatable bonds is 7. The number of nitrogens with one attached hydrogen (secondary N) is 1. The van der Waals surface area contributed by atoms with Crippen LogP contribution in [0.25, 0.3) is 10.8 Å². The average Bonchev–Trinajstić information content (AvgIpc) is 2.97. The molecule has 3 aromatic rings. The van der Waals surface area contributed by atoms with E-state index in [1.165, 1.54) is 0 Å². The maximum atomic E-state index is 12.8. The molecule has 3 aromatic carbocycles. The fourth-order valence-electron chi connectivity index (χ4n) is 3.73. The van der Waals surface area contributed by atoms with Crippen LogP contribution in [-0.4, -0.2) is 25.5 Å². The second kappa shape index (κ2) is 7.82. The highest BCUT2D eigenvalue weighted by atomic mass is 16.5. The Morgan fingerprint density at radius 2 is 1.86 bits per heavy atom. The second-order valence-corrected chi connectivity index (χ2v) is 6.92. The standard InChI is InChI=1S/C23H22N2O3/c1-28-15-16-6-2-9-18(14-16)24-21(26)12-5-13-25-20-11-4-8-17-7-3-10-19(22(17)20)23(25)27/h2-4,6-11,14H,5,12-13,15H2,1H3,(H,24,26). The van der Waals surface area contributed by atoms with E-state index in [1.54, 1.807) is 12.0 Å². The number of hydrogen-bond acceptors (Lipinski definition) is 3. The number of amides is 2. The van der Waals surface area contributed by atoms with Gasteiger partial charge in [0.15, 0.2) is 0 Å². The molecule has 1 N–H and O–H groups in total. The lowest BCUT2D eigenvalue weighted by Gasteiger charge is -2.17. The Kier molecular flexibility index (Phi) is 5.08. The van der Waals surface area contributed by atoms with E-state index in [-0.39, 0.29) is 11.8 Å². The smallest absolute Gasteiger partial charge is 0.258 e. The van der Waals surface area contributed by atoms with Crippen molar-refractivity contribution in [2.24, 2.45) is 0 Å². The van der Waals surface area contributed by atoms with Crippen molar-refractivity contribution in [3.05, 3.63) is 71.8 Å². The van der Waals surface area contributed by atoms with E-state index in [4.69, 9.17) is 4.74 Å². The molecule has 0 fully saturated rings. The highest BCUT2D eigenvalue weighted by Crippen LogP contribution is 2.37. The molecule has 0 unspecified atom stereocenters. The average molecular weight is 374 g/mol. The maximum absolute atomic E-state index is 12.8. The van der Waals surface area contributed by atoms with Crippen molar-refractivity contribution in [2.75, 3.05) is 23.9 Å².